The Bertz CT molecular complexity index is 1230. The first-order valence-corrected chi connectivity index (χ1v) is 14.6. The lowest BCUT2D eigenvalue weighted by molar-refractivity contribution is 0.249. The van der Waals surface area contributed by atoms with Crippen molar-refractivity contribution < 1.29 is 13.2 Å². The number of halogens is 3. The molecule has 0 amide bonds. The maximum Gasteiger partial charge on any atom is 0.144 e. The first-order valence-electron chi connectivity index (χ1n) is 14.6. The second kappa shape index (κ2) is 13.8. The quantitative estimate of drug-likeness (QED) is 0.218. The minimum atomic E-state index is -0.875. The third-order valence-corrected chi connectivity index (χ3v) is 8.52. The van der Waals surface area contributed by atoms with Gasteiger partial charge in [-0.15, -0.1) is 0 Å². The highest BCUT2D eigenvalue weighted by molar-refractivity contribution is 5.84. The molecule has 0 aromatic heterocycles. The van der Waals surface area contributed by atoms with Gasteiger partial charge in [0.1, 0.15) is 29.1 Å². The lowest BCUT2D eigenvalue weighted by atomic mass is 9.77. The van der Waals surface area contributed by atoms with Crippen molar-refractivity contribution in [1.29, 1.82) is 5.26 Å². The lowest BCUT2D eigenvalue weighted by Crippen LogP contribution is -2.15. The summed E-state index contributed by atoms with van der Waals surface area (Å²) in [6.07, 6.45) is 16.6. The topological polar surface area (TPSA) is 23.8 Å². The number of aryl methyl sites for hydroxylation is 3. The van der Waals surface area contributed by atoms with Crippen LogP contribution >= 0.6 is 0 Å². The van der Waals surface area contributed by atoms with Gasteiger partial charge in [0.25, 0.3) is 0 Å². The zero-order chi connectivity index (χ0) is 26.9. The molecule has 0 bridgehead atoms. The largest absolute Gasteiger partial charge is 0.206 e. The highest BCUT2D eigenvalue weighted by Gasteiger charge is 2.21. The van der Waals surface area contributed by atoms with Crippen molar-refractivity contribution in [2.45, 2.75) is 96.8 Å². The molecule has 0 spiro atoms. The van der Waals surface area contributed by atoms with Crippen LogP contribution in [-0.2, 0) is 19.3 Å². The van der Waals surface area contributed by atoms with E-state index in [1.165, 1.54) is 82.3 Å². The number of nitrogens with zero attached hydrogens (tertiary/aromatic N) is 1. The number of fused-ring (bicyclic) bond motifs is 1. The smallest absolute Gasteiger partial charge is 0.144 e. The zero-order valence-corrected chi connectivity index (χ0v) is 22.7. The Balaban J connectivity index is 1.28. The van der Waals surface area contributed by atoms with Gasteiger partial charge in [-0.2, -0.15) is 5.26 Å². The van der Waals surface area contributed by atoms with Crippen LogP contribution in [0.5, 0.6) is 0 Å². The average Bonchev–Trinajstić information content (AvgIpc) is 2.92. The molecule has 0 unspecified atom stereocenters. The molecule has 1 saturated carbocycles. The predicted molar refractivity (Wildman–Crippen MR) is 150 cm³/mol. The minimum absolute atomic E-state index is 0.267. The van der Waals surface area contributed by atoms with Crippen LogP contribution in [0.25, 0.3) is 10.8 Å². The summed E-state index contributed by atoms with van der Waals surface area (Å²) in [6, 6.07) is 13.6. The molecule has 0 atom stereocenters. The van der Waals surface area contributed by atoms with Crippen molar-refractivity contribution in [2.75, 3.05) is 0 Å². The first-order chi connectivity index (χ1) is 18.5. The van der Waals surface area contributed by atoms with E-state index in [0.717, 1.165) is 35.8 Å². The van der Waals surface area contributed by atoms with Crippen molar-refractivity contribution >= 4 is 10.8 Å². The normalized spacial score (nSPS) is 17.6. The fourth-order valence-electron chi connectivity index (χ4n) is 6.11. The van der Waals surface area contributed by atoms with Crippen LogP contribution in [0.15, 0.2) is 42.5 Å². The molecule has 0 N–H and O–H groups in total. The third-order valence-electron chi connectivity index (χ3n) is 8.52. The summed E-state index contributed by atoms with van der Waals surface area (Å²) in [5.41, 5.74) is 1.61. The molecule has 0 heterocycles. The molecule has 4 rings (SSSR count). The van der Waals surface area contributed by atoms with E-state index < -0.39 is 17.2 Å². The summed E-state index contributed by atoms with van der Waals surface area (Å²) >= 11 is 0. The van der Waals surface area contributed by atoms with Crippen LogP contribution < -0.4 is 0 Å². The SMILES string of the molecule is CCCCCCCC1CCC(CCc2ccc3c(F)c(CCc4cc(F)c(C#N)c(F)c4)ccc3c2)CC1. The van der Waals surface area contributed by atoms with Crippen LogP contribution in [-0.4, -0.2) is 0 Å². The Morgan fingerprint density at radius 2 is 1.42 bits per heavy atom. The van der Waals surface area contributed by atoms with Gasteiger partial charge in [0.05, 0.1) is 0 Å². The standard InChI is InChI=1S/C34H40F3N/c1-2-3-4-5-6-7-24-8-10-25(11-9-24)12-13-26-15-19-30-29(20-26)18-17-28(34(30)37)16-14-27-21-32(35)31(23-38)33(36)22-27/h15,17-22,24-25H,2-14,16H2,1H3. The van der Waals surface area contributed by atoms with Gasteiger partial charge in [-0.05, 0) is 71.7 Å². The van der Waals surface area contributed by atoms with Crippen molar-refractivity contribution in [2.24, 2.45) is 11.8 Å². The van der Waals surface area contributed by atoms with E-state index in [2.05, 4.69) is 13.0 Å². The first kappa shape index (κ1) is 28.2. The molecular weight excluding hydrogens is 479 g/mol. The highest BCUT2D eigenvalue weighted by Crippen LogP contribution is 2.35. The van der Waals surface area contributed by atoms with Gasteiger partial charge >= 0.3 is 0 Å². The zero-order valence-electron chi connectivity index (χ0n) is 22.7. The summed E-state index contributed by atoms with van der Waals surface area (Å²) < 4.78 is 43.1. The highest BCUT2D eigenvalue weighted by atomic mass is 19.1. The number of benzene rings is 3. The van der Waals surface area contributed by atoms with E-state index in [4.69, 9.17) is 5.26 Å². The third kappa shape index (κ3) is 7.40. The molecular formula is C34H40F3N. The van der Waals surface area contributed by atoms with Gasteiger partial charge in [-0.3, -0.25) is 0 Å². The monoisotopic (exact) mass is 519 g/mol. The lowest BCUT2D eigenvalue weighted by Gasteiger charge is -2.28. The summed E-state index contributed by atoms with van der Waals surface area (Å²) in [7, 11) is 0. The van der Waals surface area contributed by atoms with Crippen LogP contribution in [0.4, 0.5) is 13.2 Å². The fraction of sp³-hybridized carbons (Fsp3) is 0.500. The summed E-state index contributed by atoms with van der Waals surface area (Å²) in [4.78, 5) is 0. The van der Waals surface area contributed by atoms with Gasteiger partial charge in [0, 0.05) is 5.39 Å². The van der Waals surface area contributed by atoms with Gasteiger partial charge < -0.3 is 0 Å². The summed E-state index contributed by atoms with van der Waals surface area (Å²) in [5.74, 6) is -0.282. The molecule has 0 saturated heterocycles. The number of nitriles is 1. The molecule has 1 aliphatic rings. The average molecular weight is 520 g/mol. The van der Waals surface area contributed by atoms with Crippen LogP contribution in [0.2, 0.25) is 0 Å². The van der Waals surface area contributed by atoms with E-state index >= 15 is 4.39 Å². The molecule has 1 nitrogen and oxygen atoms in total. The maximum absolute atomic E-state index is 15.3. The number of rotatable bonds is 12. The molecule has 3 aromatic carbocycles. The number of unbranched alkanes of at least 4 members (excludes halogenated alkanes) is 4. The van der Waals surface area contributed by atoms with E-state index in [0.29, 0.717) is 29.4 Å². The second-order valence-electron chi connectivity index (χ2n) is 11.3. The minimum Gasteiger partial charge on any atom is -0.206 e. The summed E-state index contributed by atoms with van der Waals surface area (Å²) in [5, 5.41) is 10.3. The number of hydrogen-bond donors (Lipinski definition) is 0. The van der Waals surface area contributed by atoms with E-state index in [1.807, 2.05) is 18.2 Å². The predicted octanol–water partition coefficient (Wildman–Crippen LogP) is 10.0. The molecule has 202 valence electrons. The molecule has 4 heteroatoms. The van der Waals surface area contributed by atoms with Crippen molar-refractivity contribution in [3.63, 3.8) is 0 Å². The summed E-state index contributed by atoms with van der Waals surface area (Å²) in [6.45, 7) is 2.27. The Morgan fingerprint density at radius 1 is 0.737 bits per heavy atom. The van der Waals surface area contributed by atoms with Gasteiger partial charge in [0.15, 0.2) is 0 Å². The molecule has 1 fully saturated rings. The van der Waals surface area contributed by atoms with E-state index in [1.54, 1.807) is 6.07 Å². The van der Waals surface area contributed by atoms with Crippen LogP contribution in [0.3, 0.4) is 0 Å². The molecule has 1 aliphatic carbocycles. The van der Waals surface area contributed by atoms with E-state index in [9.17, 15) is 8.78 Å². The maximum atomic E-state index is 15.3. The second-order valence-corrected chi connectivity index (χ2v) is 11.3. The van der Waals surface area contributed by atoms with Gasteiger partial charge in [-0.25, -0.2) is 13.2 Å². The Labute approximate surface area is 226 Å². The Hall–Kier alpha value is -2.80. The molecule has 0 aliphatic heterocycles. The fourth-order valence-corrected chi connectivity index (χ4v) is 6.11. The Kier molecular flexibility index (Phi) is 10.3. The molecule has 0 radical (unpaired) electrons. The number of hydrogen-bond acceptors (Lipinski definition) is 1. The van der Waals surface area contributed by atoms with Crippen molar-refractivity contribution in [3.8, 4) is 6.07 Å². The van der Waals surface area contributed by atoms with Crippen LogP contribution in [0, 0.1) is 40.6 Å². The van der Waals surface area contributed by atoms with E-state index in [-0.39, 0.29) is 5.82 Å². The van der Waals surface area contributed by atoms with Crippen LogP contribution in [0.1, 0.15) is 99.8 Å². The van der Waals surface area contributed by atoms with Crippen molar-refractivity contribution in [1.82, 2.24) is 0 Å². The molecule has 38 heavy (non-hydrogen) atoms. The van der Waals surface area contributed by atoms with Crippen molar-refractivity contribution in [3.05, 3.63) is 82.2 Å². The Morgan fingerprint density at radius 3 is 2.11 bits per heavy atom. The molecule has 3 aromatic rings. The van der Waals surface area contributed by atoms with Gasteiger partial charge in [-0.1, -0.05) is 101 Å². The van der Waals surface area contributed by atoms with Gasteiger partial charge in [0.2, 0.25) is 0 Å².